The van der Waals surface area contributed by atoms with Gasteiger partial charge in [0, 0.05) is 0 Å². The molecule has 176 valence electrons. The molecule has 1 amide bonds. The van der Waals surface area contributed by atoms with Crippen molar-refractivity contribution in [2.45, 2.75) is 39.3 Å². The SMILES string of the molecule is CCc1ccc(OCCn2c(C(C)NC(=O)Cc3ccc(OC)cc3)nc3ccccc32)cc1. The Bertz CT molecular complexity index is 1230. The number of carbonyl (C=O) groups excluding carboxylic acids is 1. The van der Waals surface area contributed by atoms with Crippen LogP contribution in [0.3, 0.4) is 0 Å². The minimum atomic E-state index is -0.248. The van der Waals surface area contributed by atoms with Gasteiger partial charge in [-0.05, 0) is 60.9 Å². The van der Waals surface area contributed by atoms with Crippen LogP contribution in [0.15, 0.2) is 72.8 Å². The number of nitrogens with one attached hydrogen (secondary N) is 1. The first-order chi connectivity index (χ1) is 16.6. The lowest BCUT2D eigenvalue weighted by Gasteiger charge is -2.17. The van der Waals surface area contributed by atoms with E-state index in [-0.39, 0.29) is 11.9 Å². The van der Waals surface area contributed by atoms with Gasteiger partial charge in [0.1, 0.15) is 23.9 Å². The lowest BCUT2D eigenvalue weighted by molar-refractivity contribution is -0.121. The van der Waals surface area contributed by atoms with Crippen molar-refractivity contribution in [1.29, 1.82) is 0 Å². The van der Waals surface area contributed by atoms with E-state index in [4.69, 9.17) is 14.5 Å². The highest BCUT2D eigenvalue weighted by Gasteiger charge is 2.18. The number of aryl methyl sites for hydroxylation is 1. The van der Waals surface area contributed by atoms with Gasteiger partial charge in [-0.25, -0.2) is 4.98 Å². The Morgan fingerprint density at radius 3 is 2.35 bits per heavy atom. The number of benzene rings is 3. The van der Waals surface area contributed by atoms with E-state index < -0.39 is 0 Å². The molecule has 0 aliphatic heterocycles. The van der Waals surface area contributed by atoms with Crippen LogP contribution in [-0.2, 0) is 24.2 Å². The smallest absolute Gasteiger partial charge is 0.224 e. The van der Waals surface area contributed by atoms with E-state index >= 15 is 0 Å². The molecule has 6 heteroatoms. The fourth-order valence-electron chi connectivity index (χ4n) is 4.02. The zero-order chi connectivity index (χ0) is 23.9. The molecule has 3 aromatic carbocycles. The highest BCUT2D eigenvalue weighted by atomic mass is 16.5. The summed E-state index contributed by atoms with van der Waals surface area (Å²) in [5.74, 6) is 2.39. The van der Waals surface area contributed by atoms with Gasteiger partial charge in [-0.1, -0.05) is 43.3 Å². The fourth-order valence-corrected chi connectivity index (χ4v) is 4.02. The van der Waals surface area contributed by atoms with E-state index in [1.807, 2.05) is 67.6 Å². The standard InChI is InChI=1S/C28H31N3O3/c1-4-21-9-15-24(16-10-21)34-18-17-31-26-8-6-5-7-25(26)30-28(31)20(2)29-27(32)19-22-11-13-23(33-3)14-12-22/h5-16,20H,4,17-19H2,1-3H3,(H,29,32). The molecule has 0 radical (unpaired) electrons. The number of amides is 1. The maximum atomic E-state index is 12.7. The summed E-state index contributed by atoms with van der Waals surface area (Å²) in [6.07, 6.45) is 1.30. The van der Waals surface area contributed by atoms with Crippen LogP contribution in [0.2, 0.25) is 0 Å². The minimum Gasteiger partial charge on any atom is -0.497 e. The average Bonchev–Trinajstić information content (AvgIpc) is 3.24. The first-order valence-electron chi connectivity index (χ1n) is 11.7. The molecule has 0 aliphatic rings. The number of para-hydroxylation sites is 2. The monoisotopic (exact) mass is 457 g/mol. The molecular weight excluding hydrogens is 426 g/mol. The van der Waals surface area contributed by atoms with Gasteiger partial charge in [-0.2, -0.15) is 0 Å². The molecule has 34 heavy (non-hydrogen) atoms. The number of aromatic nitrogens is 2. The van der Waals surface area contributed by atoms with E-state index in [9.17, 15) is 4.79 Å². The quantitative estimate of drug-likeness (QED) is 0.360. The van der Waals surface area contributed by atoms with Crippen molar-refractivity contribution in [3.63, 3.8) is 0 Å². The van der Waals surface area contributed by atoms with Crippen LogP contribution >= 0.6 is 0 Å². The Kier molecular flexibility index (Phi) is 7.48. The van der Waals surface area contributed by atoms with Gasteiger partial charge in [0.25, 0.3) is 0 Å². The van der Waals surface area contributed by atoms with E-state index in [0.29, 0.717) is 19.6 Å². The molecule has 6 nitrogen and oxygen atoms in total. The zero-order valence-electron chi connectivity index (χ0n) is 20.0. The van der Waals surface area contributed by atoms with E-state index in [1.54, 1.807) is 7.11 Å². The van der Waals surface area contributed by atoms with Crippen LogP contribution in [0.25, 0.3) is 11.0 Å². The highest BCUT2D eigenvalue weighted by molar-refractivity contribution is 5.79. The van der Waals surface area contributed by atoms with Crippen molar-refractivity contribution in [3.8, 4) is 11.5 Å². The molecular formula is C28H31N3O3. The minimum absolute atomic E-state index is 0.0523. The topological polar surface area (TPSA) is 65.4 Å². The van der Waals surface area contributed by atoms with Gasteiger partial charge in [-0.3, -0.25) is 4.79 Å². The fraction of sp³-hybridized carbons (Fsp3) is 0.286. The molecule has 1 unspecified atom stereocenters. The first-order valence-corrected chi connectivity index (χ1v) is 11.7. The Hall–Kier alpha value is -3.80. The van der Waals surface area contributed by atoms with Gasteiger partial charge in [-0.15, -0.1) is 0 Å². The Balaban J connectivity index is 1.45. The zero-order valence-corrected chi connectivity index (χ0v) is 20.0. The molecule has 4 rings (SSSR count). The summed E-state index contributed by atoms with van der Waals surface area (Å²) >= 11 is 0. The normalized spacial score (nSPS) is 11.9. The van der Waals surface area contributed by atoms with Crippen molar-refractivity contribution in [3.05, 3.63) is 89.7 Å². The number of fused-ring (bicyclic) bond motifs is 1. The molecule has 1 N–H and O–H groups in total. The van der Waals surface area contributed by atoms with Crippen molar-refractivity contribution >= 4 is 16.9 Å². The van der Waals surface area contributed by atoms with Crippen LogP contribution in [-0.4, -0.2) is 29.2 Å². The van der Waals surface area contributed by atoms with Gasteiger partial charge >= 0.3 is 0 Å². The number of carbonyl (C=O) groups is 1. The molecule has 0 saturated heterocycles. The number of nitrogens with zero attached hydrogens (tertiary/aromatic N) is 2. The third kappa shape index (κ3) is 5.57. The Morgan fingerprint density at radius 1 is 0.971 bits per heavy atom. The lowest BCUT2D eigenvalue weighted by atomic mass is 10.1. The molecule has 4 aromatic rings. The molecule has 0 bridgehead atoms. The second-order valence-electron chi connectivity index (χ2n) is 8.27. The van der Waals surface area contributed by atoms with Crippen LogP contribution in [0, 0.1) is 0 Å². The average molecular weight is 458 g/mol. The number of hydrogen-bond acceptors (Lipinski definition) is 4. The maximum Gasteiger partial charge on any atom is 0.224 e. The summed E-state index contributed by atoms with van der Waals surface area (Å²) < 4.78 is 13.3. The summed E-state index contributed by atoms with van der Waals surface area (Å²) in [6.45, 7) is 5.24. The highest BCUT2D eigenvalue weighted by Crippen LogP contribution is 2.22. The van der Waals surface area contributed by atoms with Gasteiger partial charge in [0.05, 0.1) is 37.2 Å². The predicted octanol–water partition coefficient (Wildman–Crippen LogP) is 5.11. The first kappa shape index (κ1) is 23.4. The second-order valence-corrected chi connectivity index (χ2v) is 8.27. The van der Waals surface area contributed by atoms with E-state index in [0.717, 1.165) is 40.3 Å². The number of rotatable bonds is 10. The Morgan fingerprint density at radius 2 is 1.65 bits per heavy atom. The van der Waals surface area contributed by atoms with Crippen molar-refractivity contribution < 1.29 is 14.3 Å². The van der Waals surface area contributed by atoms with Crippen LogP contribution in [0.4, 0.5) is 0 Å². The number of imidazole rings is 1. The number of ether oxygens (including phenoxy) is 2. The summed E-state index contributed by atoms with van der Waals surface area (Å²) in [7, 11) is 1.63. The summed E-state index contributed by atoms with van der Waals surface area (Å²) in [4.78, 5) is 17.5. The van der Waals surface area contributed by atoms with Crippen molar-refractivity contribution in [1.82, 2.24) is 14.9 Å². The maximum absolute atomic E-state index is 12.7. The third-order valence-electron chi connectivity index (χ3n) is 5.89. The molecule has 1 aromatic heterocycles. The van der Waals surface area contributed by atoms with Crippen LogP contribution < -0.4 is 14.8 Å². The second kappa shape index (κ2) is 10.9. The largest absolute Gasteiger partial charge is 0.497 e. The summed E-state index contributed by atoms with van der Waals surface area (Å²) in [5.41, 5.74) is 4.15. The van der Waals surface area contributed by atoms with Crippen LogP contribution in [0.5, 0.6) is 11.5 Å². The third-order valence-corrected chi connectivity index (χ3v) is 5.89. The van der Waals surface area contributed by atoms with Gasteiger partial charge in [0.15, 0.2) is 0 Å². The lowest BCUT2D eigenvalue weighted by Crippen LogP contribution is -2.30. The Labute approximate surface area is 200 Å². The predicted molar refractivity (Wildman–Crippen MR) is 134 cm³/mol. The molecule has 0 saturated carbocycles. The van der Waals surface area contributed by atoms with Crippen LogP contribution in [0.1, 0.15) is 36.8 Å². The van der Waals surface area contributed by atoms with Crippen molar-refractivity contribution in [2.24, 2.45) is 0 Å². The summed E-state index contributed by atoms with van der Waals surface area (Å²) in [6, 6.07) is 23.5. The molecule has 0 aliphatic carbocycles. The summed E-state index contributed by atoms with van der Waals surface area (Å²) in [5, 5.41) is 3.10. The van der Waals surface area contributed by atoms with Crippen molar-refractivity contribution in [2.75, 3.05) is 13.7 Å². The molecule has 0 spiro atoms. The van der Waals surface area contributed by atoms with E-state index in [1.165, 1.54) is 5.56 Å². The molecule has 1 atom stereocenters. The number of hydrogen-bond donors (Lipinski definition) is 1. The molecule has 1 heterocycles. The van der Waals surface area contributed by atoms with E-state index in [2.05, 4.69) is 28.9 Å². The number of methoxy groups -OCH3 is 1. The van der Waals surface area contributed by atoms with Gasteiger partial charge in [0.2, 0.25) is 5.91 Å². The molecule has 0 fully saturated rings. The van der Waals surface area contributed by atoms with Gasteiger partial charge < -0.3 is 19.4 Å².